The van der Waals surface area contributed by atoms with Crippen LogP contribution >= 0.6 is 11.3 Å². The first-order valence-corrected chi connectivity index (χ1v) is 12.1. The minimum atomic E-state index is -0.376. The number of rotatable bonds is 5. The van der Waals surface area contributed by atoms with Gasteiger partial charge in [-0.1, -0.05) is 38.8 Å². The summed E-state index contributed by atoms with van der Waals surface area (Å²) in [5, 5.41) is 18.1. The Hall–Kier alpha value is -3.06. The number of benzene rings is 2. The molecule has 0 bridgehead atoms. The van der Waals surface area contributed by atoms with E-state index >= 15 is 0 Å². The molecule has 0 amide bonds. The molecule has 4 rings (SSSR count). The summed E-state index contributed by atoms with van der Waals surface area (Å²) in [6.45, 7) is 4.36. The third kappa shape index (κ3) is 5.22. The Morgan fingerprint density at radius 3 is 2.22 bits per heavy atom. The normalized spacial score (nSPS) is 15.1. The van der Waals surface area contributed by atoms with Crippen LogP contribution in [0.25, 0.3) is 11.3 Å². The number of nitro groups is 1. The standard InChI is InChI=1S/C25H28N4O2S/c1-18(2)19-9-13-21(14-10-19)26-25-28(27-22-7-5-3-4-6-8-22)24(17-32-25)20-11-15-23(16-12-20)29(30)31/h9-18H,3-8H2,1-2H3. The maximum atomic E-state index is 11.0. The summed E-state index contributed by atoms with van der Waals surface area (Å²) in [5.74, 6) is 0.478. The Labute approximate surface area is 192 Å². The highest BCUT2D eigenvalue weighted by Crippen LogP contribution is 2.25. The summed E-state index contributed by atoms with van der Waals surface area (Å²) >= 11 is 1.54. The van der Waals surface area contributed by atoms with Crippen molar-refractivity contribution in [1.82, 2.24) is 4.68 Å². The van der Waals surface area contributed by atoms with Crippen LogP contribution in [-0.2, 0) is 0 Å². The molecule has 3 aromatic rings. The van der Waals surface area contributed by atoms with Gasteiger partial charge in [-0.25, -0.2) is 9.67 Å². The molecule has 1 fully saturated rings. The first-order chi connectivity index (χ1) is 15.5. The first-order valence-electron chi connectivity index (χ1n) is 11.2. The van der Waals surface area contributed by atoms with Gasteiger partial charge in [-0.3, -0.25) is 10.1 Å². The Balaban J connectivity index is 1.79. The van der Waals surface area contributed by atoms with Gasteiger partial charge in [0.2, 0.25) is 4.80 Å². The zero-order chi connectivity index (χ0) is 22.5. The van der Waals surface area contributed by atoms with Gasteiger partial charge in [0.1, 0.15) is 0 Å². The molecule has 0 N–H and O–H groups in total. The second-order valence-corrected chi connectivity index (χ2v) is 9.29. The van der Waals surface area contributed by atoms with Gasteiger partial charge in [0, 0.05) is 28.8 Å². The lowest BCUT2D eigenvalue weighted by Crippen LogP contribution is -2.14. The van der Waals surface area contributed by atoms with Gasteiger partial charge in [0.25, 0.3) is 5.69 Å². The number of thiazole rings is 1. The van der Waals surface area contributed by atoms with Crippen molar-refractivity contribution in [2.45, 2.75) is 58.3 Å². The Bertz CT molecular complexity index is 1160. The molecule has 0 spiro atoms. The minimum Gasteiger partial charge on any atom is -0.258 e. The second kappa shape index (κ2) is 10.0. The van der Waals surface area contributed by atoms with E-state index in [-0.39, 0.29) is 10.6 Å². The van der Waals surface area contributed by atoms with E-state index in [1.54, 1.807) is 12.1 Å². The van der Waals surface area contributed by atoms with E-state index in [4.69, 9.17) is 10.1 Å². The van der Waals surface area contributed by atoms with Gasteiger partial charge in [-0.2, -0.15) is 5.10 Å². The smallest absolute Gasteiger partial charge is 0.258 e. The van der Waals surface area contributed by atoms with Gasteiger partial charge in [0.15, 0.2) is 0 Å². The lowest BCUT2D eigenvalue weighted by molar-refractivity contribution is -0.384. The van der Waals surface area contributed by atoms with Crippen LogP contribution in [-0.4, -0.2) is 15.3 Å². The van der Waals surface area contributed by atoms with E-state index in [0.29, 0.717) is 5.92 Å². The molecule has 1 aromatic heterocycles. The van der Waals surface area contributed by atoms with E-state index < -0.39 is 0 Å². The van der Waals surface area contributed by atoms with Crippen molar-refractivity contribution in [2.75, 3.05) is 0 Å². The van der Waals surface area contributed by atoms with Crippen molar-refractivity contribution in [3.8, 4) is 11.3 Å². The van der Waals surface area contributed by atoms with Crippen LogP contribution in [0.1, 0.15) is 63.9 Å². The molecular formula is C25H28N4O2S. The predicted octanol–water partition coefficient (Wildman–Crippen LogP) is 7.04. The van der Waals surface area contributed by atoms with Crippen molar-refractivity contribution >= 4 is 28.4 Å². The molecule has 166 valence electrons. The summed E-state index contributed by atoms with van der Waals surface area (Å²) < 4.78 is 1.92. The zero-order valence-corrected chi connectivity index (χ0v) is 19.3. The summed E-state index contributed by atoms with van der Waals surface area (Å²) in [6.07, 6.45) is 6.85. The zero-order valence-electron chi connectivity index (χ0n) is 18.5. The van der Waals surface area contributed by atoms with Crippen molar-refractivity contribution in [3.05, 3.63) is 74.4 Å². The Kier molecular flexibility index (Phi) is 6.95. The van der Waals surface area contributed by atoms with Crippen molar-refractivity contribution in [2.24, 2.45) is 10.1 Å². The average molecular weight is 449 g/mol. The maximum Gasteiger partial charge on any atom is 0.269 e. The van der Waals surface area contributed by atoms with Crippen LogP contribution < -0.4 is 4.80 Å². The van der Waals surface area contributed by atoms with E-state index in [1.165, 1.54) is 60.4 Å². The number of nitro benzene ring substituents is 1. The second-order valence-electron chi connectivity index (χ2n) is 8.46. The van der Waals surface area contributed by atoms with E-state index in [2.05, 4.69) is 26.0 Å². The number of non-ortho nitro benzene ring substituents is 1. The monoisotopic (exact) mass is 448 g/mol. The van der Waals surface area contributed by atoms with Gasteiger partial charge >= 0.3 is 0 Å². The highest BCUT2D eigenvalue weighted by molar-refractivity contribution is 7.07. The topological polar surface area (TPSA) is 72.8 Å². The molecule has 2 aromatic carbocycles. The van der Waals surface area contributed by atoms with Crippen molar-refractivity contribution in [1.29, 1.82) is 0 Å². The number of hydrogen-bond donors (Lipinski definition) is 0. The molecule has 6 nitrogen and oxygen atoms in total. The molecule has 0 saturated heterocycles. The maximum absolute atomic E-state index is 11.0. The van der Waals surface area contributed by atoms with E-state index in [0.717, 1.165) is 34.6 Å². The fourth-order valence-electron chi connectivity index (χ4n) is 3.85. The van der Waals surface area contributed by atoms with Crippen LogP contribution in [0.3, 0.4) is 0 Å². The quantitative estimate of drug-likeness (QED) is 0.238. The highest BCUT2D eigenvalue weighted by atomic mass is 32.1. The van der Waals surface area contributed by atoms with Crippen LogP contribution in [0, 0.1) is 10.1 Å². The molecular weight excluding hydrogens is 420 g/mol. The molecule has 32 heavy (non-hydrogen) atoms. The summed E-state index contributed by atoms with van der Waals surface area (Å²) in [4.78, 5) is 16.4. The van der Waals surface area contributed by atoms with E-state index in [1.807, 2.05) is 22.2 Å². The molecule has 1 aliphatic rings. The van der Waals surface area contributed by atoms with Crippen LogP contribution in [0.15, 0.2) is 64.0 Å². The predicted molar refractivity (Wildman–Crippen MR) is 131 cm³/mol. The third-order valence-corrected chi connectivity index (χ3v) is 6.58. The lowest BCUT2D eigenvalue weighted by Gasteiger charge is -2.07. The number of aromatic nitrogens is 1. The number of nitrogens with zero attached hydrogens (tertiary/aromatic N) is 4. The molecule has 0 radical (unpaired) electrons. The van der Waals surface area contributed by atoms with Crippen LogP contribution in [0.2, 0.25) is 0 Å². The van der Waals surface area contributed by atoms with Crippen LogP contribution in [0.4, 0.5) is 11.4 Å². The molecule has 0 aliphatic heterocycles. The Morgan fingerprint density at radius 1 is 0.969 bits per heavy atom. The van der Waals surface area contributed by atoms with Crippen molar-refractivity contribution in [3.63, 3.8) is 0 Å². The molecule has 7 heteroatoms. The largest absolute Gasteiger partial charge is 0.269 e. The SMILES string of the molecule is CC(C)c1ccc(N=c2scc(-c3ccc([N+](=O)[O-])cc3)n2N=C2CCCCCC2)cc1. The lowest BCUT2D eigenvalue weighted by atomic mass is 10.0. The minimum absolute atomic E-state index is 0.0840. The fraction of sp³-hybridized carbons (Fsp3) is 0.360. The van der Waals surface area contributed by atoms with E-state index in [9.17, 15) is 10.1 Å². The first kappa shape index (κ1) is 22.1. The summed E-state index contributed by atoms with van der Waals surface area (Å²) in [7, 11) is 0. The molecule has 0 unspecified atom stereocenters. The van der Waals surface area contributed by atoms with Gasteiger partial charge in [-0.15, -0.1) is 11.3 Å². The fourth-order valence-corrected chi connectivity index (χ4v) is 4.70. The van der Waals surface area contributed by atoms with Crippen LogP contribution in [0.5, 0.6) is 0 Å². The van der Waals surface area contributed by atoms with Crippen molar-refractivity contribution < 1.29 is 4.92 Å². The van der Waals surface area contributed by atoms with Gasteiger partial charge in [-0.05, 0) is 61.4 Å². The highest BCUT2D eigenvalue weighted by Gasteiger charge is 2.13. The average Bonchev–Trinajstić information content (AvgIpc) is 2.99. The van der Waals surface area contributed by atoms with Gasteiger partial charge < -0.3 is 0 Å². The number of hydrogen-bond acceptors (Lipinski definition) is 5. The van der Waals surface area contributed by atoms with Gasteiger partial charge in [0.05, 0.1) is 16.3 Å². The molecule has 1 heterocycles. The molecule has 0 atom stereocenters. The molecule has 1 aliphatic carbocycles. The Morgan fingerprint density at radius 2 is 1.62 bits per heavy atom. The summed E-state index contributed by atoms with van der Waals surface area (Å²) in [5.41, 5.74) is 5.25. The summed E-state index contributed by atoms with van der Waals surface area (Å²) in [6, 6.07) is 15.0. The third-order valence-electron chi connectivity index (χ3n) is 5.77. The molecule has 1 saturated carbocycles.